The topological polar surface area (TPSA) is 113 Å². The molecule has 0 aliphatic heterocycles. The van der Waals surface area contributed by atoms with Gasteiger partial charge in [-0.15, -0.1) is 0 Å². The van der Waals surface area contributed by atoms with Crippen LogP contribution in [-0.2, 0) is 9.59 Å². The molecule has 4 amide bonds. The maximum absolute atomic E-state index is 12.6. The molecule has 1 aromatic rings. The molecule has 1 rings (SSSR count). The zero-order chi connectivity index (χ0) is 25.7. The molecule has 5 N–H and O–H groups in total. The summed E-state index contributed by atoms with van der Waals surface area (Å²) in [4.78, 5) is 35.7. The highest BCUT2D eigenvalue weighted by molar-refractivity contribution is 5.97. The van der Waals surface area contributed by atoms with Crippen molar-refractivity contribution >= 4 is 23.5 Å². The van der Waals surface area contributed by atoms with Crippen molar-refractivity contribution in [2.45, 2.75) is 88.1 Å². The maximum Gasteiger partial charge on any atom is 0.312 e. The molecule has 1 aromatic carbocycles. The summed E-state index contributed by atoms with van der Waals surface area (Å²) in [5, 5.41) is 8.13. The highest BCUT2D eigenvalue weighted by Gasteiger charge is 2.24. The van der Waals surface area contributed by atoms with Crippen LogP contribution < -0.4 is 21.7 Å². The number of hydrogen-bond donors (Lipinski definition) is 4. The summed E-state index contributed by atoms with van der Waals surface area (Å²) >= 11 is 0. The molecule has 0 aliphatic carbocycles. The SMILES string of the molecule is CC.CC.CC.Cc1ccc(NC(=O)C(CCCNC(N)=O)NC(=O)C(C)C(C)C)cc1. The Morgan fingerprint density at radius 2 is 1.38 bits per heavy atom. The molecule has 0 spiro atoms. The van der Waals surface area contributed by atoms with Gasteiger partial charge in [0.05, 0.1) is 0 Å². The Hall–Kier alpha value is -2.57. The summed E-state index contributed by atoms with van der Waals surface area (Å²) in [6.07, 6.45) is 0.916. The molecule has 32 heavy (non-hydrogen) atoms. The predicted octanol–water partition coefficient (Wildman–Crippen LogP) is 5.24. The molecule has 0 bridgehead atoms. The van der Waals surface area contributed by atoms with Gasteiger partial charge in [0.2, 0.25) is 11.8 Å². The van der Waals surface area contributed by atoms with Gasteiger partial charge in [0.1, 0.15) is 6.04 Å². The van der Waals surface area contributed by atoms with Gasteiger partial charge >= 0.3 is 6.03 Å². The molecule has 0 fully saturated rings. The lowest BCUT2D eigenvalue weighted by Crippen LogP contribution is -2.46. The average Bonchev–Trinajstić information content (AvgIpc) is 2.80. The first-order valence-corrected chi connectivity index (χ1v) is 11.9. The van der Waals surface area contributed by atoms with Gasteiger partial charge in [-0.1, -0.05) is 80.0 Å². The predicted molar refractivity (Wildman–Crippen MR) is 137 cm³/mol. The number of primary amides is 1. The second-order valence-electron chi connectivity index (χ2n) is 6.88. The Balaban J connectivity index is -0.00000129. The van der Waals surface area contributed by atoms with Crippen LogP contribution in [0.1, 0.15) is 80.7 Å². The minimum absolute atomic E-state index is 0.160. The number of urea groups is 1. The number of anilines is 1. The van der Waals surface area contributed by atoms with Crippen LogP contribution in [0.3, 0.4) is 0 Å². The first-order valence-electron chi connectivity index (χ1n) is 11.9. The Labute approximate surface area is 196 Å². The van der Waals surface area contributed by atoms with Crippen molar-refractivity contribution in [1.29, 1.82) is 0 Å². The van der Waals surface area contributed by atoms with E-state index in [0.717, 1.165) is 5.56 Å². The Morgan fingerprint density at radius 3 is 1.81 bits per heavy atom. The maximum atomic E-state index is 12.6. The van der Waals surface area contributed by atoms with E-state index in [1.807, 2.05) is 93.5 Å². The van der Waals surface area contributed by atoms with Crippen LogP contribution in [0.2, 0.25) is 0 Å². The summed E-state index contributed by atoms with van der Waals surface area (Å²) in [6.45, 7) is 20.1. The van der Waals surface area contributed by atoms with Gasteiger partial charge in [0.15, 0.2) is 0 Å². The van der Waals surface area contributed by atoms with Gasteiger partial charge in [0.25, 0.3) is 0 Å². The number of carbonyl (C=O) groups is 3. The number of hydrogen-bond acceptors (Lipinski definition) is 3. The molecular weight excluding hydrogens is 404 g/mol. The van der Waals surface area contributed by atoms with E-state index >= 15 is 0 Å². The summed E-state index contributed by atoms with van der Waals surface area (Å²) in [5.41, 5.74) is 6.80. The van der Waals surface area contributed by atoms with Crippen LogP contribution >= 0.6 is 0 Å². The van der Waals surface area contributed by atoms with Crippen molar-refractivity contribution in [3.8, 4) is 0 Å². The monoisotopic (exact) mass is 452 g/mol. The smallest absolute Gasteiger partial charge is 0.312 e. The molecule has 0 saturated carbocycles. The highest BCUT2D eigenvalue weighted by Crippen LogP contribution is 2.13. The lowest BCUT2D eigenvalue weighted by Gasteiger charge is -2.22. The number of nitrogens with two attached hydrogens (primary N) is 1. The fraction of sp³-hybridized carbons (Fsp3) is 0.640. The van der Waals surface area contributed by atoms with E-state index in [9.17, 15) is 14.4 Å². The average molecular weight is 453 g/mol. The number of carbonyl (C=O) groups excluding carboxylic acids is 3. The molecule has 0 heterocycles. The third-order valence-electron chi connectivity index (χ3n) is 4.33. The van der Waals surface area contributed by atoms with Crippen LogP contribution in [0.15, 0.2) is 24.3 Å². The Morgan fingerprint density at radius 1 is 0.875 bits per heavy atom. The number of aryl methyl sites for hydroxylation is 1. The fourth-order valence-electron chi connectivity index (χ4n) is 2.26. The summed E-state index contributed by atoms with van der Waals surface area (Å²) in [7, 11) is 0. The molecule has 7 nitrogen and oxygen atoms in total. The first kappa shape index (κ1) is 34.1. The molecule has 0 aliphatic rings. The van der Waals surface area contributed by atoms with Gasteiger partial charge in [-0.25, -0.2) is 4.79 Å². The van der Waals surface area contributed by atoms with E-state index in [2.05, 4.69) is 16.0 Å². The summed E-state index contributed by atoms with van der Waals surface area (Å²) in [5.74, 6) is -0.468. The first-order chi connectivity index (χ1) is 15.2. The largest absolute Gasteiger partial charge is 0.352 e. The Bertz CT molecular complexity index is 616. The summed E-state index contributed by atoms with van der Waals surface area (Å²) < 4.78 is 0. The van der Waals surface area contributed by atoms with Gasteiger partial charge in [-0.2, -0.15) is 0 Å². The second-order valence-corrected chi connectivity index (χ2v) is 6.88. The van der Waals surface area contributed by atoms with Crippen molar-refractivity contribution in [1.82, 2.24) is 10.6 Å². The number of nitrogens with one attached hydrogen (secondary N) is 3. The van der Waals surface area contributed by atoms with Gasteiger partial charge in [0, 0.05) is 18.2 Å². The van der Waals surface area contributed by atoms with Crippen molar-refractivity contribution in [3.63, 3.8) is 0 Å². The molecule has 2 unspecified atom stereocenters. The standard InChI is InChI=1S/C19H30N4O3.3C2H6/c1-12(2)14(4)17(24)23-16(6-5-11-21-19(20)26)18(25)22-15-9-7-13(3)8-10-15;3*1-2/h7-10,12,14,16H,5-6,11H2,1-4H3,(H,22,25)(H,23,24)(H3,20,21,26);3*1-2H3. The molecule has 2 atom stereocenters. The third-order valence-corrected chi connectivity index (χ3v) is 4.33. The van der Waals surface area contributed by atoms with Crippen molar-refractivity contribution in [2.24, 2.45) is 17.6 Å². The van der Waals surface area contributed by atoms with Crippen molar-refractivity contribution < 1.29 is 14.4 Å². The third kappa shape index (κ3) is 16.2. The Kier molecular flexibility index (Phi) is 23.0. The molecule has 186 valence electrons. The van der Waals surface area contributed by atoms with E-state index in [1.54, 1.807) is 0 Å². The minimum atomic E-state index is -0.681. The van der Waals surface area contributed by atoms with Gasteiger partial charge < -0.3 is 21.7 Å². The van der Waals surface area contributed by atoms with Crippen LogP contribution in [0.25, 0.3) is 0 Å². The lowest BCUT2D eigenvalue weighted by atomic mass is 9.96. The molecule has 0 aromatic heterocycles. The van der Waals surface area contributed by atoms with Crippen LogP contribution in [0, 0.1) is 18.8 Å². The number of amides is 4. The highest BCUT2D eigenvalue weighted by atomic mass is 16.2. The lowest BCUT2D eigenvalue weighted by molar-refractivity contribution is -0.130. The number of benzene rings is 1. The van der Waals surface area contributed by atoms with Crippen LogP contribution in [0.5, 0.6) is 0 Å². The van der Waals surface area contributed by atoms with Gasteiger partial charge in [-0.05, 0) is 37.8 Å². The van der Waals surface area contributed by atoms with E-state index in [-0.39, 0.29) is 23.7 Å². The van der Waals surface area contributed by atoms with Gasteiger partial charge in [-0.3, -0.25) is 9.59 Å². The van der Waals surface area contributed by atoms with Crippen molar-refractivity contribution in [3.05, 3.63) is 29.8 Å². The van der Waals surface area contributed by atoms with E-state index in [1.165, 1.54) is 0 Å². The van der Waals surface area contributed by atoms with Crippen LogP contribution in [-0.4, -0.2) is 30.4 Å². The fourth-order valence-corrected chi connectivity index (χ4v) is 2.26. The van der Waals surface area contributed by atoms with Crippen LogP contribution in [0.4, 0.5) is 10.5 Å². The molecule has 7 heteroatoms. The number of rotatable bonds is 9. The molecular formula is C25H48N4O3. The van der Waals surface area contributed by atoms with E-state index in [4.69, 9.17) is 5.73 Å². The summed E-state index contributed by atoms with van der Waals surface area (Å²) in [6, 6.07) is 6.15. The quantitative estimate of drug-likeness (QED) is 0.384. The second kappa shape index (κ2) is 21.7. The van der Waals surface area contributed by atoms with E-state index < -0.39 is 12.1 Å². The van der Waals surface area contributed by atoms with Crippen molar-refractivity contribution in [2.75, 3.05) is 11.9 Å². The normalized spacial score (nSPS) is 11.1. The zero-order valence-electron chi connectivity index (χ0n) is 22.0. The minimum Gasteiger partial charge on any atom is -0.352 e. The molecule has 0 saturated heterocycles. The zero-order valence-corrected chi connectivity index (χ0v) is 22.0. The van der Waals surface area contributed by atoms with E-state index in [0.29, 0.717) is 25.1 Å². The molecule has 0 radical (unpaired) electrons.